The van der Waals surface area contributed by atoms with Gasteiger partial charge >= 0.3 is 0 Å². The minimum atomic E-state index is -1.80. The fourth-order valence-electron chi connectivity index (χ4n) is 3.71. The number of nitrogens with two attached hydrogens (primary N) is 1. The molecule has 0 bridgehead atoms. The van der Waals surface area contributed by atoms with Gasteiger partial charge in [-0.15, -0.1) is 11.3 Å². The SMILES string of the molecule is C[C@]1(C(O)C(=O)Nc2ccc3c(N)noc3c2)OCCN(c2csc(-c3ccncc3)n2)C1=O. The number of fused-ring (bicyclic) bond motifs is 1. The maximum absolute atomic E-state index is 13.3. The number of pyridine rings is 1. The molecule has 1 fully saturated rings. The van der Waals surface area contributed by atoms with Crippen LogP contribution in [0.1, 0.15) is 6.92 Å². The Kier molecular flexibility index (Phi) is 5.48. The summed E-state index contributed by atoms with van der Waals surface area (Å²) < 4.78 is 10.7. The van der Waals surface area contributed by atoms with Crippen molar-refractivity contribution in [1.29, 1.82) is 0 Å². The average Bonchev–Trinajstić information content (AvgIpc) is 3.48. The molecule has 0 spiro atoms. The number of hydrogen-bond donors (Lipinski definition) is 3. The molecule has 1 aliphatic heterocycles. The van der Waals surface area contributed by atoms with Crippen molar-refractivity contribution in [3.8, 4) is 10.6 Å². The lowest BCUT2D eigenvalue weighted by atomic mass is 9.94. The number of aliphatic hydroxyl groups is 1. The number of nitrogen functional groups attached to an aromatic ring is 1. The van der Waals surface area contributed by atoms with Crippen molar-refractivity contribution in [3.63, 3.8) is 0 Å². The summed E-state index contributed by atoms with van der Waals surface area (Å²) in [4.78, 5) is 36.2. The molecule has 12 heteroatoms. The van der Waals surface area contributed by atoms with E-state index in [1.54, 1.807) is 29.9 Å². The quantitative estimate of drug-likeness (QED) is 0.389. The molecule has 1 aliphatic rings. The molecule has 11 nitrogen and oxygen atoms in total. The lowest BCUT2D eigenvalue weighted by molar-refractivity contribution is -0.170. The molecule has 0 saturated carbocycles. The summed E-state index contributed by atoms with van der Waals surface area (Å²) >= 11 is 1.38. The van der Waals surface area contributed by atoms with E-state index >= 15 is 0 Å². The van der Waals surface area contributed by atoms with E-state index in [4.69, 9.17) is 15.0 Å². The second-order valence-corrected chi connectivity index (χ2v) is 8.69. The Morgan fingerprint density at radius 2 is 2.12 bits per heavy atom. The van der Waals surface area contributed by atoms with Crippen LogP contribution in [0.25, 0.3) is 21.5 Å². The number of rotatable bonds is 5. The molecule has 1 unspecified atom stereocenters. The minimum Gasteiger partial charge on any atom is -0.380 e. The van der Waals surface area contributed by atoms with Gasteiger partial charge in [0.2, 0.25) is 0 Å². The molecule has 3 aromatic heterocycles. The molecule has 0 aliphatic carbocycles. The van der Waals surface area contributed by atoms with Gasteiger partial charge in [-0.1, -0.05) is 5.16 Å². The smallest absolute Gasteiger partial charge is 0.263 e. The van der Waals surface area contributed by atoms with Crippen molar-refractivity contribution in [2.75, 3.05) is 29.1 Å². The number of nitrogens with zero attached hydrogens (tertiary/aromatic N) is 4. The molecule has 1 saturated heterocycles. The Morgan fingerprint density at radius 3 is 2.91 bits per heavy atom. The van der Waals surface area contributed by atoms with E-state index in [0.29, 0.717) is 22.5 Å². The molecule has 1 aromatic carbocycles. The van der Waals surface area contributed by atoms with E-state index < -0.39 is 23.5 Å². The topological polar surface area (TPSA) is 157 Å². The maximum Gasteiger partial charge on any atom is 0.263 e. The van der Waals surface area contributed by atoms with E-state index in [1.807, 2.05) is 12.1 Å². The van der Waals surface area contributed by atoms with Crippen molar-refractivity contribution >= 4 is 51.4 Å². The van der Waals surface area contributed by atoms with E-state index in [0.717, 1.165) is 10.6 Å². The second kappa shape index (κ2) is 8.48. The number of carbonyl (C=O) groups excluding carboxylic acids is 2. The number of morpholine rings is 1. The molecule has 2 atom stereocenters. The molecule has 5 rings (SSSR count). The van der Waals surface area contributed by atoms with Gasteiger partial charge in [-0.25, -0.2) is 4.98 Å². The van der Waals surface area contributed by atoms with Gasteiger partial charge in [0, 0.05) is 35.1 Å². The number of aliphatic hydroxyl groups excluding tert-OH is 1. The Hall–Kier alpha value is -3.87. The number of aromatic nitrogens is 3. The number of anilines is 3. The van der Waals surface area contributed by atoms with Crippen LogP contribution in [0.4, 0.5) is 17.3 Å². The number of amides is 2. The Morgan fingerprint density at radius 1 is 1.32 bits per heavy atom. The number of ether oxygens (including phenoxy) is 1. The van der Waals surface area contributed by atoms with Crippen LogP contribution in [-0.4, -0.2) is 56.9 Å². The zero-order valence-corrected chi connectivity index (χ0v) is 18.8. The summed E-state index contributed by atoms with van der Waals surface area (Å²) in [6.07, 6.45) is 1.55. The summed E-state index contributed by atoms with van der Waals surface area (Å²) in [6.45, 7) is 1.76. The number of thiazole rings is 1. The van der Waals surface area contributed by atoms with Crippen LogP contribution in [-0.2, 0) is 14.3 Å². The summed E-state index contributed by atoms with van der Waals surface area (Å²) in [5.74, 6) is -0.708. The highest BCUT2D eigenvalue weighted by Gasteiger charge is 2.51. The van der Waals surface area contributed by atoms with Crippen LogP contribution in [0.3, 0.4) is 0 Å². The molecule has 34 heavy (non-hydrogen) atoms. The lowest BCUT2D eigenvalue weighted by Gasteiger charge is -2.40. The minimum absolute atomic E-state index is 0.123. The third kappa shape index (κ3) is 3.77. The Labute approximate surface area is 197 Å². The highest BCUT2D eigenvalue weighted by Crippen LogP contribution is 2.32. The summed E-state index contributed by atoms with van der Waals surface area (Å²) in [6, 6.07) is 8.41. The maximum atomic E-state index is 13.3. The molecule has 4 aromatic rings. The third-order valence-corrected chi connectivity index (χ3v) is 6.50. The van der Waals surface area contributed by atoms with Crippen molar-refractivity contribution in [2.45, 2.75) is 18.6 Å². The largest absolute Gasteiger partial charge is 0.380 e. The van der Waals surface area contributed by atoms with Gasteiger partial charge in [0.05, 0.1) is 18.5 Å². The van der Waals surface area contributed by atoms with Crippen molar-refractivity contribution < 1.29 is 24.0 Å². The van der Waals surface area contributed by atoms with Gasteiger partial charge in [-0.2, -0.15) is 0 Å². The predicted octanol–water partition coefficient (Wildman–Crippen LogP) is 2.05. The van der Waals surface area contributed by atoms with Gasteiger partial charge in [0.15, 0.2) is 23.1 Å². The van der Waals surface area contributed by atoms with Crippen LogP contribution in [0.5, 0.6) is 0 Å². The average molecular weight is 481 g/mol. The monoisotopic (exact) mass is 480 g/mol. The van der Waals surface area contributed by atoms with Gasteiger partial charge in [0.1, 0.15) is 10.8 Å². The Balaban J connectivity index is 1.34. The lowest BCUT2D eigenvalue weighted by Crippen LogP contribution is -2.63. The van der Waals surface area contributed by atoms with Crippen LogP contribution in [0.2, 0.25) is 0 Å². The predicted molar refractivity (Wildman–Crippen MR) is 125 cm³/mol. The molecular weight excluding hydrogens is 460 g/mol. The molecule has 4 N–H and O–H groups in total. The molecular formula is C22H20N6O5S. The van der Waals surface area contributed by atoms with Crippen molar-refractivity contribution in [3.05, 3.63) is 48.1 Å². The highest BCUT2D eigenvalue weighted by atomic mass is 32.1. The van der Waals surface area contributed by atoms with E-state index in [9.17, 15) is 14.7 Å². The third-order valence-electron chi connectivity index (χ3n) is 5.62. The molecule has 174 valence electrons. The zero-order chi connectivity index (χ0) is 23.9. The van der Waals surface area contributed by atoms with E-state index in [1.165, 1.54) is 29.2 Å². The standard InChI is InChI=1S/C22H20N6O5S/c1-22(17(29)19(30)25-13-2-3-14-15(10-13)33-27-18(14)23)21(31)28(8-9-32-22)16-11-34-20(26-16)12-4-6-24-7-5-12/h2-7,10-11,17,29H,8-9H2,1H3,(H2,23,27)(H,25,30)/t17?,22-/m1/s1. The highest BCUT2D eigenvalue weighted by molar-refractivity contribution is 7.13. The first kappa shape index (κ1) is 21.9. The van der Waals surface area contributed by atoms with Crippen LogP contribution >= 0.6 is 11.3 Å². The van der Waals surface area contributed by atoms with Crippen LogP contribution in [0.15, 0.2) is 52.6 Å². The first-order valence-corrected chi connectivity index (χ1v) is 11.2. The molecule has 0 radical (unpaired) electrons. The summed E-state index contributed by atoms with van der Waals surface area (Å²) in [7, 11) is 0. The van der Waals surface area contributed by atoms with Gasteiger partial charge in [0.25, 0.3) is 11.8 Å². The fraction of sp³-hybridized carbons (Fsp3) is 0.227. The normalized spacial score (nSPS) is 19.4. The van der Waals surface area contributed by atoms with Crippen molar-refractivity contribution in [2.24, 2.45) is 0 Å². The number of benzene rings is 1. The zero-order valence-electron chi connectivity index (χ0n) is 18.0. The van der Waals surface area contributed by atoms with E-state index in [-0.39, 0.29) is 19.0 Å². The number of nitrogens with one attached hydrogen (secondary N) is 1. The first-order chi connectivity index (χ1) is 16.4. The number of hydrogen-bond acceptors (Lipinski definition) is 10. The Bertz CT molecular complexity index is 1370. The molecule has 4 heterocycles. The van der Waals surface area contributed by atoms with Gasteiger partial charge < -0.3 is 25.4 Å². The molecule has 2 amide bonds. The first-order valence-electron chi connectivity index (χ1n) is 10.3. The van der Waals surface area contributed by atoms with E-state index in [2.05, 4.69) is 20.4 Å². The van der Waals surface area contributed by atoms with Gasteiger partial charge in [-0.05, 0) is 31.2 Å². The number of carbonyl (C=O) groups is 2. The summed E-state index contributed by atoms with van der Waals surface area (Å²) in [5.41, 5.74) is 5.50. The van der Waals surface area contributed by atoms with Gasteiger partial charge in [-0.3, -0.25) is 19.5 Å². The van der Waals surface area contributed by atoms with Crippen LogP contribution in [0, 0.1) is 0 Å². The summed E-state index contributed by atoms with van der Waals surface area (Å²) in [5, 5.41) is 20.2. The van der Waals surface area contributed by atoms with Crippen molar-refractivity contribution in [1.82, 2.24) is 15.1 Å². The van der Waals surface area contributed by atoms with Crippen LogP contribution < -0.4 is 16.0 Å². The second-order valence-electron chi connectivity index (χ2n) is 7.83. The fourth-order valence-corrected chi connectivity index (χ4v) is 4.52.